The van der Waals surface area contributed by atoms with Crippen molar-refractivity contribution in [3.8, 4) is 5.75 Å². The molecule has 0 saturated heterocycles. The third-order valence-corrected chi connectivity index (χ3v) is 6.27. The van der Waals surface area contributed by atoms with Gasteiger partial charge >= 0.3 is 5.97 Å². The van der Waals surface area contributed by atoms with Crippen molar-refractivity contribution in [1.29, 1.82) is 0 Å². The summed E-state index contributed by atoms with van der Waals surface area (Å²) in [5.74, 6) is 0.0173. The summed E-state index contributed by atoms with van der Waals surface area (Å²) >= 11 is 0. The third kappa shape index (κ3) is 8.73. The molecule has 160 valence electrons. The van der Waals surface area contributed by atoms with E-state index in [4.69, 9.17) is 9.84 Å². The monoisotopic (exact) mass is 421 g/mol. The van der Waals surface area contributed by atoms with Crippen molar-refractivity contribution in [3.63, 3.8) is 0 Å². The molecule has 6 nitrogen and oxygen atoms in total. The highest BCUT2D eigenvalue weighted by atomic mass is 32.2. The SMILES string of the molecule is COc1ccc(CCS(=O)(=O)NC2=C(CC=CCCCC(=O)O)CCCC2)cc1. The molecule has 0 fully saturated rings. The summed E-state index contributed by atoms with van der Waals surface area (Å²) in [6, 6.07) is 7.43. The molecule has 2 rings (SSSR count). The Labute approximate surface area is 173 Å². The summed E-state index contributed by atoms with van der Waals surface area (Å²) in [4.78, 5) is 10.5. The smallest absolute Gasteiger partial charge is 0.303 e. The largest absolute Gasteiger partial charge is 0.497 e. The first-order valence-electron chi connectivity index (χ1n) is 10.1. The average Bonchev–Trinajstić information content (AvgIpc) is 2.70. The highest BCUT2D eigenvalue weighted by Gasteiger charge is 2.18. The Morgan fingerprint density at radius 3 is 2.59 bits per heavy atom. The molecule has 1 aliphatic rings. The van der Waals surface area contributed by atoms with E-state index in [0.29, 0.717) is 19.3 Å². The van der Waals surface area contributed by atoms with Gasteiger partial charge in [0.15, 0.2) is 0 Å². The van der Waals surface area contributed by atoms with Crippen molar-refractivity contribution >= 4 is 16.0 Å². The van der Waals surface area contributed by atoms with Crippen LogP contribution in [0.1, 0.15) is 56.9 Å². The molecule has 2 N–H and O–H groups in total. The van der Waals surface area contributed by atoms with Crippen LogP contribution in [-0.2, 0) is 21.2 Å². The number of rotatable bonds is 12. The zero-order valence-corrected chi connectivity index (χ0v) is 17.8. The van der Waals surface area contributed by atoms with Gasteiger partial charge in [-0.3, -0.25) is 9.52 Å². The van der Waals surface area contributed by atoms with Crippen LogP contribution in [-0.4, -0.2) is 32.4 Å². The van der Waals surface area contributed by atoms with Gasteiger partial charge in [-0.15, -0.1) is 0 Å². The Kier molecular flexibility index (Phi) is 9.25. The van der Waals surface area contributed by atoms with Crippen molar-refractivity contribution in [2.24, 2.45) is 0 Å². The molecule has 0 aliphatic heterocycles. The van der Waals surface area contributed by atoms with Crippen LogP contribution in [0.4, 0.5) is 0 Å². The number of nitrogens with one attached hydrogen (secondary N) is 1. The molecule has 1 aromatic rings. The van der Waals surface area contributed by atoms with Gasteiger partial charge in [0.1, 0.15) is 5.75 Å². The number of unbranched alkanes of at least 4 members (excludes halogenated alkanes) is 1. The van der Waals surface area contributed by atoms with Crippen LogP contribution in [0.5, 0.6) is 5.75 Å². The molecule has 0 unspecified atom stereocenters. The first kappa shape index (κ1) is 23.0. The van der Waals surface area contributed by atoms with Gasteiger partial charge in [-0.1, -0.05) is 24.3 Å². The lowest BCUT2D eigenvalue weighted by Gasteiger charge is -2.21. The van der Waals surface area contributed by atoms with E-state index < -0.39 is 16.0 Å². The average molecular weight is 422 g/mol. The van der Waals surface area contributed by atoms with Gasteiger partial charge in [0.25, 0.3) is 0 Å². The molecule has 0 atom stereocenters. The van der Waals surface area contributed by atoms with E-state index in [0.717, 1.165) is 54.7 Å². The number of benzene rings is 1. The fourth-order valence-corrected chi connectivity index (χ4v) is 4.54. The summed E-state index contributed by atoms with van der Waals surface area (Å²) in [6.07, 6.45) is 10.4. The first-order chi connectivity index (χ1) is 13.9. The standard InChI is InChI=1S/C22H31NO5S/c1-28-20-14-12-18(13-15-20)16-17-29(26,27)23-21-10-7-6-9-19(21)8-4-2-3-5-11-22(24)25/h2,4,12-15,23H,3,5-11,16-17H2,1H3,(H,24,25). The van der Waals surface area contributed by atoms with Crippen LogP contribution in [0.3, 0.4) is 0 Å². The van der Waals surface area contributed by atoms with Crippen molar-refractivity contribution in [2.45, 2.75) is 57.8 Å². The van der Waals surface area contributed by atoms with E-state index in [-0.39, 0.29) is 12.2 Å². The van der Waals surface area contributed by atoms with E-state index in [2.05, 4.69) is 4.72 Å². The Morgan fingerprint density at radius 1 is 1.17 bits per heavy atom. The quantitative estimate of drug-likeness (QED) is 0.390. The first-order valence-corrected chi connectivity index (χ1v) is 11.8. The Bertz CT molecular complexity index is 825. The van der Waals surface area contributed by atoms with Gasteiger partial charge in [-0.25, -0.2) is 8.42 Å². The predicted molar refractivity (Wildman–Crippen MR) is 114 cm³/mol. The number of carboxylic acids is 1. The van der Waals surface area contributed by atoms with Gasteiger partial charge in [0.2, 0.25) is 10.0 Å². The molecule has 1 aliphatic carbocycles. The second-order valence-corrected chi connectivity index (χ2v) is 9.11. The fraction of sp³-hybridized carbons (Fsp3) is 0.500. The predicted octanol–water partition coefficient (Wildman–Crippen LogP) is 4.19. The van der Waals surface area contributed by atoms with Crippen molar-refractivity contribution in [2.75, 3.05) is 12.9 Å². The van der Waals surface area contributed by atoms with E-state index in [1.165, 1.54) is 0 Å². The number of carboxylic acid groups (broad SMARTS) is 1. The lowest BCUT2D eigenvalue weighted by molar-refractivity contribution is -0.137. The second kappa shape index (κ2) is 11.7. The van der Waals surface area contributed by atoms with Gasteiger partial charge in [-0.2, -0.15) is 0 Å². The minimum absolute atomic E-state index is 0.0428. The molecule has 0 amide bonds. The summed E-state index contributed by atoms with van der Waals surface area (Å²) in [5.41, 5.74) is 2.93. The number of hydrogen-bond acceptors (Lipinski definition) is 4. The lowest BCUT2D eigenvalue weighted by atomic mass is 9.94. The second-order valence-electron chi connectivity index (χ2n) is 7.27. The number of aliphatic carboxylic acids is 1. The van der Waals surface area contributed by atoms with Gasteiger partial charge in [0, 0.05) is 12.1 Å². The summed E-state index contributed by atoms with van der Waals surface area (Å²) in [7, 11) is -1.80. The minimum atomic E-state index is -3.41. The third-order valence-electron chi connectivity index (χ3n) is 4.97. The number of carbonyl (C=O) groups is 1. The molecule has 1 aromatic carbocycles. The zero-order valence-electron chi connectivity index (χ0n) is 17.0. The summed E-state index contributed by atoms with van der Waals surface area (Å²) in [5, 5.41) is 8.65. The summed E-state index contributed by atoms with van der Waals surface area (Å²) in [6.45, 7) is 0. The van der Waals surface area contributed by atoms with Gasteiger partial charge < -0.3 is 9.84 Å². The molecular formula is C22H31NO5S. The summed E-state index contributed by atoms with van der Waals surface area (Å²) < 4.78 is 33.1. The van der Waals surface area contributed by atoms with E-state index in [1.54, 1.807) is 7.11 Å². The van der Waals surface area contributed by atoms with Crippen molar-refractivity contribution < 1.29 is 23.1 Å². The Balaban J connectivity index is 1.90. The Morgan fingerprint density at radius 2 is 1.90 bits per heavy atom. The van der Waals surface area contributed by atoms with E-state index >= 15 is 0 Å². The van der Waals surface area contributed by atoms with Crippen LogP contribution >= 0.6 is 0 Å². The van der Waals surface area contributed by atoms with Crippen molar-refractivity contribution in [1.82, 2.24) is 4.72 Å². The molecule has 7 heteroatoms. The number of aryl methyl sites for hydroxylation is 1. The number of ether oxygens (including phenoxy) is 1. The maximum atomic E-state index is 12.6. The highest BCUT2D eigenvalue weighted by molar-refractivity contribution is 7.89. The highest BCUT2D eigenvalue weighted by Crippen LogP contribution is 2.26. The molecular weight excluding hydrogens is 390 g/mol. The maximum absolute atomic E-state index is 12.6. The molecule has 0 bridgehead atoms. The van der Waals surface area contributed by atoms with Crippen LogP contribution in [0, 0.1) is 0 Å². The van der Waals surface area contributed by atoms with Crippen LogP contribution in [0.25, 0.3) is 0 Å². The van der Waals surface area contributed by atoms with Gasteiger partial charge in [0.05, 0.1) is 12.9 Å². The zero-order chi connectivity index (χ0) is 21.1. The number of allylic oxidation sites excluding steroid dienone is 4. The normalized spacial score (nSPS) is 14.9. The van der Waals surface area contributed by atoms with Crippen molar-refractivity contribution in [3.05, 3.63) is 53.3 Å². The minimum Gasteiger partial charge on any atom is -0.497 e. The molecule has 0 aromatic heterocycles. The maximum Gasteiger partial charge on any atom is 0.303 e. The fourth-order valence-electron chi connectivity index (χ4n) is 3.31. The van der Waals surface area contributed by atoms with Crippen LogP contribution < -0.4 is 9.46 Å². The Hall–Kier alpha value is -2.28. The molecule has 0 spiro atoms. The van der Waals surface area contributed by atoms with Crippen LogP contribution in [0.2, 0.25) is 0 Å². The molecule has 0 radical (unpaired) electrons. The van der Waals surface area contributed by atoms with E-state index in [1.807, 2.05) is 36.4 Å². The van der Waals surface area contributed by atoms with E-state index in [9.17, 15) is 13.2 Å². The molecule has 0 heterocycles. The molecule has 0 saturated carbocycles. The topological polar surface area (TPSA) is 92.7 Å². The molecule has 29 heavy (non-hydrogen) atoms. The number of methoxy groups -OCH3 is 1. The van der Waals surface area contributed by atoms with Crippen LogP contribution in [0.15, 0.2) is 47.7 Å². The number of sulfonamides is 1. The lowest BCUT2D eigenvalue weighted by Crippen LogP contribution is -2.28. The number of hydrogen-bond donors (Lipinski definition) is 2. The van der Waals surface area contributed by atoms with Gasteiger partial charge in [-0.05, 0) is 74.6 Å².